The zero-order chi connectivity index (χ0) is 9.42. The molecule has 4 heteroatoms. The van der Waals surface area contributed by atoms with Crippen molar-refractivity contribution < 1.29 is 14.3 Å². The molecule has 0 saturated carbocycles. The van der Waals surface area contributed by atoms with E-state index >= 15 is 0 Å². The molecule has 0 fully saturated rings. The van der Waals surface area contributed by atoms with E-state index < -0.39 is 0 Å². The summed E-state index contributed by atoms with van der Waals surface area (Å²) in [6, 6.07) is 3.55. The van der Waals surface area contributed by atoms with Gasteiger partial charge in [-0.2, -0.15) is 0 Å². The lowest BCUT2D eigenvalue weighted by molar-refractivity contribution is 0.101. The number of Topliss-reactive ketones (excluding diaryl/α,β-unsaturated/α-hetero) is 1. The van der Waals surface area contributed by atoms with Crippen LogP contribution in [-0.4, -0.2) is 12.6 Å². The van der Waals surface area contributed by atoms with Crippen LogP contribution in [0.2, 0.25) is 0 Å². The molecule has 0 N–H and O–H groups in total. The molecule has 3 nitrogen and oxygen atoms in total. The Bertz CT molecular complexity index is 373. The molecule has 0 aromatic heterocycles. The highest BCUT2D eigenvalue weighted by atomic mass is 127. The van der Waals surface area contributed by atoms with E-state index in [1.54, 1.807) is 13.0 Å². The molecule has 1 aliphatic heterocycles. The quantitative estimate of drug-likeness (QED) is 0.587. The first kappa shape index (κ1) is 8.80. The highest BCUT2D eigenvalue weighted by Crippen LogP contribution is 2.35. The van der Waals surface area contributed by atoms with E-state index in [4.69, 9.17) is 9.47 Å². The Hall–Kier alpha value is -0.780. The normalized spacial score (nSPS) is 13.1. The van der Waals surface area contributed by atoms with Crippen molar-refractivity contribution in [3.8, 4) is 11.5 Å². The zero-order valence-electron chi connectivity index (χ0n) is 6.96. The first-order valence-electron chi connectivity index (χ1n) is 3.78. The zero-order valence-corrected chi connectivity index (χ0v) is 9.12. The fourth-order valence-electron chi connectivity index (χ4n) is 1.19. The molecule has 1 heterocycles. The molecule has 0 aliphatic carbocycles. The molecule has 68 valence electrons. The van der Waals surface area contributed by atoms with Crippen LogP contribution < -0.4 is 9.47 Å². The van der Waals surface area contributed by atoms with Crippen LogP contribution in [0.15, 0.2) is 12.1 Å². The molecule has 1 aromatic rings. The van der Waals surface area contributed by atoms with Gasteiger partial charge in [-0.15, -0.1) is 0 Å². The molecule has 0 atom stereocenters. The van der Waals surface area contributed by atoms with Gasteiger partial charge in [0.05, 0.1) is 0 Å². The Kier molecular flexibility index (Phi) is 2.15. The van der Waals surface area contributed by atoms with Crippen molar-refractivity contribution in [3.05, 3.63) is 21.3 Å². The predicted octanol–water partition coefficient (Wildman–Crippen LogP) is 2.22. The van der Waals surface area contributed by atoms with E-state index in [-0.39, 0.29) is 12.6 Å². The minimum absolute atomic E-state index is 0.0442. The Morgan fingerprint density at radius 3 is 2.62 bits per heavy atom. The molecular formula is C9H7IO3. The summed E-state index contributed by atoms with van der Waals surface area (Å²) in [6.45, 7) is 1.78. The Morgan fingerprint density at radius 1 is 1.38 bits per heavy atom. The van der Waals surface area contributed by atoms with Gasteiger partial charge in [-0.05, 0) is 41.6 Å². The number of hydrogen-bond acceptors (Lipinski definition) is 3. The van der Waals surface area contributed by atoms with Crippen molar-refractivity contribution in [2.75, 3.05) is 6.79 Å². The maximum Gasteiger partial charge on any atom is 0.231 e. The number of ketones is 1. The SMILES string of the molecule is CC(=O)c1cc2c(cc1I)OCO2. The molecule has 1 aliphatic rings. The second kappa shape index (κ2) is 3.17. The van der Waals surface area contributed by atoms with Crippen molar-refractivity contribution >= 4 is 28.4 Å². The van der Waals surface area contributed by atoms with E-state index in [0.29, 0.717) is 11.3 Å². The van der Waals surface area contributed by atoms with Crippen LogP contribution in [0.25, 0.3) is 0 Å². The summed E-state index contributed by atoms with van der Waals surface area (Å²) < 4.78 is 11.2. The Labute approximate surface area is 89.2 Å². The van der Waals surface area contributed by atoms with Crippen LogP contribution in [0.1, 0.15) is 17.3 Å². The van der Waals surface area contributed by atoms with Crippen molar-refractivity contribution in [2.45, 2.75) is 6.92 Å². The van der Waals surface area contributed by atoms with Crippen LogP contribution in [-0.2, 0) is 0 Å². The molecular weight excluding hydrogens is 283 g/mol. The average molecular weight is 290 g/mol. The maximum absolute atomic E-state index is 11.2. The van der Waals surface area contributed by atoms with Gasteiger partial charge in [0.15, 0.2) is 17.3 Å². The van der Waals surface area contributed by atoms with Crippen LogP contribution in [0.4, 0.5) is 0 Å². The lowest BCUT2D eigenvalue weighted by atomic mass is 10.1. The number of carbonyl (C=O) groups excluding carboxylic acids is 1. The Balaban J connectivity index is 2.55. The van der Waals surface area contributed by atoms with Crippen LogP contribution in [0.3, 0.4) is 0 Å². The van der Waals surface area contributed by atoms with Crippen LogP contribution >= 0.6 is 22.6 Å². The summed E-state index contributed by atoms with van der Waals surface area (Å²) in [4.78, 5) is 11.2. The van der Waals surface area contributed by atoms with Crippen molar-refractivity contribution in [2.24, 2.45) is 0 Å². The Morgan fingerprint density at radius 2 is 2.00 bits per heavy atom. The number of fused-ring (bicyclic) bond motifs is 1. The van der Waals surface area contributed by atoms with Crippen molar-refractivity contribution in [1.29, 1.82) is 0 Å². The van der Waals surface area contributed by atoms with Gasteiger partial charge in [0.25, 0.3) is 0 Å². The minimum atomic E-state index is 0.0442. The average Bonchev–Trinajstić information content (AvgIpc) is 2.48. The van der Waals surface area contributed by atoms with Gasteiger partial charge in [0.1, 0.15) is 0 Å². The van der Waals surface area contributed by atoms with Gasteiger partial charge in [0, 0.05) is 9.13 Å². The molecule has 0 radical (unpaired) electrons. The second-order valence-corrected chi connectivity index (χ2v) is 3.90. The van der Waals surface area contributed by atoms with Gasteiger partial charge in [-0.3, -0.25) is 4.79 Å². The van der Waals surface area contributed by atoms with Crippen molar-refractivity contribution in [3.63, 3.8) is 0 Å². The van der Waals surface area contributed by atoms with Crippen LogP contribution in [0.5, 0.6) is 11.5 Å². The smallest absolute Gasteiger partial charge is 0.231 e. The van der Waals surface area contributed by atoms with E-state index in [1.165, 1.54) is 0 Å². The van der Waals surface area contributed by atoms with Crippen molar-refractivity contribution in [1.82, 2.24) is 0 Å². The fourth-order valence-corrected chi connectivity index (χ4v) is 2.01. The second-order valence-electron chi connectivity index (χ2n) is 2.74. The third-order valence-corrected chi connectivity index (χ3v) is 2.73. The van der Waals surface area contributed by atoms with Crippen LogP contribution in [0, 0.1) is 3.57 Å². The summed E-state index contributed by atoms with van der Waals surface area (Å²) in [5.74, 6) is 1.42. The number of hydrogen-bond donors (Lipinski definition) is 0. The standard InChI is InChI=1S/C9H7IO3/c1-5(11)6-2-8-9(3-7(6)10)13-4-12-8/h2-3H,4H2,1H3. The van der Waals surface area contributed by atoms with Gasteiger partial charge < -0.3 is 9.47 Å². The number of rotatable bonds is 1. The molecule has 0 unspecified atom stereocenters. The van der Waals surface area contributed by atoms with E-state index in [9.17, 15) is 4.79 Å². The molecule has 1 aromatic carbocycles. The molecule has 13 heavy (non-hydrogen) atoms. The summed E-state index contributed by atoms with van der Waals surface area (Å²) in [6.07, 6.45) is 0. The number of halogens is 1. The third-order valence-electron chi connectivity index (χ3n) is 1.84. The maximum atomic E-state index is 11.2. The topological polar surface area (TPSA) is 35.5 Å². The summed E-state index contributed by atoms with van der Waals surface area (Å²) in [5, 5.41) is 0. The minimum Gasteiger partial charge on any atom is -0.454 e. The highest BCUT2D eigenvalue weighted by molar-refractivity contribution is 14.1. The molecule has 2 rings (SSSR count). The predicted molar refractivity (Wildman–Crippen MR) is 55.3 cm³/mol. The number of ether oxygens (including phenoxy) is 2. The molecule has 0 bridgehead atoms. The first-order chi connectivity index (χ1) is 6.18. The molecule has 0 spiro atoms. The number of benzene rings is 1. The van der Waals surface area contributed by atoms with Gasteiger partial charge >= 0.3 is 0 Å². The van der Waals surface area contributed by atoms with E-state index in [1.807, 2.05) is 6.07 Å². The fraction of sp³-hybridized carbons (Fsp3) is 0.222. The summed E-state index contributed by atoms with van der Waals surface area (Å²) in [7, 11) is 0. The van der Waals surface area contributed by atoms with E-state index in [0.717, 1.165) is 9.32 Å². The lowest BCUT2D eigenvalue weighted by Crippen LogP contribution is -1.95. The molecule has 0 saturated heterocycles. The largest absolute Gasteiger partial charge is 0.454 e. The monoisotopic (exact) mass is 290 g/mol. The number of carbonyl (C=O) groups is 1. The first-order valence-corrected chi connectivity index (χ1v) is 4.86. The molecule has 0 amide bonds. The third kappa shape index (κ3) is 1.50. The summed E-state index contributed by atoms with van der Waals surface area (Å²) >= 11 is 2.11. The lowest BCUT2D eigenvalue weighted by Gasteiger charge is -2.01. The van der Waals surface area contributed by atoms with Gasteiger partial charge in [-0.25, -0.2) is 0 Å². The van der Waals surface area contributed by atoms with Gasteiger partial charge in [0.2, 0.25) is 6.79 Å². The van der Waals surface area contributed by atoms with Gasteiger partial charge in [-0.1, -0.05) is 0 Å². The van der Waals surface area contributed by atoms with E-state index in [2.05, 4.69) is 22.6 Å². The highest BCUT2D eigenvalue weighted by Gasteiger charge is 2.17. The summed E-state index contributed by atoms with van der Waals surface area (Å²) in [5.41, 5.74) is 0.685.